The van der Waals surface area contributed by atoms with Crippen molar-refractivity contribution in [1.29, 1.82) is 0 Å². The van der Waals surface area contributed by atoms with Crippen molar-refractivity contribution in [1.82, 2.24) is 0 Å². The van der Waals surface area contributed by atoms with E-state index in [-0.39, 0.29) is 5.92 Å². The molecule has 1 heterocycles. The Kier molecular flexibility index (Phi) is 2.56. The third-order valence-electron chi connectivity index (χ3n) is 1.76. The molecule has 1 unspecified atom stereocenters. The fourth-order valence-electron chi connectivity index (χ4n) is 1.04. The Hall–Kier alpha value is -0.220. The summed E-state index contributed by atoms with van der Waals surface area (Å²) in [7, 11) is 0. The number of rotatable bonds is 2. The lowest BCUT2D eigenvalue weighted by atomic mass is 10.0. The van der Waals surface area contributed by atoms with Gasteiger partial charge in [0.1, 0.15) is 6.04 Å². The Morgan fingerprint density at radius 1 is 1.80 bits per heavy atom. The van der Waals surface area contributed by atoms with Crippen molar-refractivity contribution >= 4 is 17.7 Å². The third-order valence-corrected chi connectivity index (χ3v) is 2.95. The minimum Gasteiger partial charge on any atom is -0.480 e. The zero-order valence-electron chi connectivity index (χ0n) is 5.62. The highest BCUT2D eigenvalue weighted by atomic mass is 32.2. The van der Waals surface area contributed by atoms with Crippen molar-refractivity contribution in [3.63, 3.8) is 0 Å². The molecule has 1 fully saturated rings. The molecule has 0 saturated carbocycles. The highest BCUT2D eigenvalue weighted by molar-refractivity contribution is 7.99. The fourth-order valence-corrected chi connectivity index (χ4v) is 2.35. The molecule has 1 aliphatic heterocycles. The monoisotopic (exact) mass is 161 g/mol. The van der Waals surface area contributed by atoms with Gasteiger partial charge in [-0.2, -0.15) is 11.8 Å². The first kappa shape index (κ1) is 7.88. The second kappa shape index (κ2) is 3.25. The Labute approximate surface area is 64.0 Å². The predicted molar refractivity (Wildman–Crippen MR) is 41.0 cm³/mol. The molecule has 0 radical (unpaired) electrons. The molecule has 4 heteroatoms. The molecule has 1 aliphatic rings. The number of carboxylic acid groups (broad SMARTS) is 1. The summed E-state index contributed by atoms with van der Waals surface area (Å²) >= 11 is 1.78. The van der Waals surface area contributed by atoms with Crippen LogP contribution in [-0.4, -0.2) is 28.6 Å². The van der Waals surface area contributed by atoms with Gasteiger partial charge in [0.15, 0.2) is 0 Å². The van der Waals surface area contributed by atoms with Crippen LogP contribution in [0.25, 0.3) is 0 Å². The Morgan fingerprint density at radius 2 is 2.50 bits per heavy atom. The predicted octanol–water partition coefficient (Wildman–Crippen LogP) is 0.151. The summed E-state index contributed by atoms with van der Waals surface area (Å²) in [6, 6.07) is -0.644. The van der Waals surface area contributed by atoms with E-state index in [1.54, 1.807) is 11.8 Å². The van der Waals surface area contributed by atoms with Crippen molar-refractivity contribution in [2.45, 2.75) is 12.5 Å². The van der Waals surface area contributed by atoms with Gasteiger partial charge in [0.25, 0.3) is 0 Å². The first-order valence-electron chi connectivity index (χ1n) is 3.28. The largest absolute Gasteiger partial charge is 0.480 e. The van der Waals surface area contributed by atoms with E-state index in [9.17, 15) is 4.79 Å². The minimum atomic E-state index is -0.868. The van der Waals surface area contributed by atoms with Crippen molar-refractivity contribution in [3.8, 4) is 0 Å². The Balaban J connectivity index is 2.39. The minimum absolute atomic E-state index is 0.197. The van der Waals surface area contributed by atoms with Crippen LogP contribution in [-0.2, 0) is 4.79 Å². The molecule has 3 N–H and O–H groups in total. The summed E-state index contributed by atoms with van der Waals surface area (Å²) in [5.41, 5.74) is 5.41. The van der Waals surface area contributed by atoms with E-state index in [0.29, 0.717) is 0 Å². The third kappa shape index (κ3) is 1.64. The van der Waals surface area contributed by atoms with Crippen LogP contribution in [0.5, 0.6) is 0 Å². The summed E-state index contributed by atoms with van der Waals surface area (Å²) in [4.78, 5) is 10.4. The molecule has 2 atom stereocenters. The number of hydrogen-bond donors (Lipinski definition) is 2. The molecule has 1 rings (SSSR count). The number of thioether (sulfide) groups is 1. The molecule has 1 saturated heterocycles. The number of carbonyl (C=O) groups is 1. The van der Waals surface area contributed by atoms with Crippen molar-refractivity contribution < 1.29 is 9.90 Å². The molecule has 0 amide bonds. The molecular formula is C6H11NO2S. The highest BCUT2D eigenvalue weighted by Crippen LogP contribution is 2.25. The van der Waals surface area contributed by atoms with Crippen LogP contribution in [0, 0.1) is 5.92 Å². The number of nitrogens with two attached hydrogens (primary N) is 1. The van der Waals surface area contributed by atoms with Crippen molar-refractivity contribution in [2.75, 3.05) is 11.5 Å². The molecule has 58 valence electrons. The van der Waals surface area contributed by atoms with E-state index in [4.69, 9.17) is 10.8 Å². The summed E-state index contributed by atoms with van der Waals surface area (Å²) in [6.45, 7) is 0. The van der Waals surface area contributed by atoms with Crippen LogP contribution < -0.4 is 5.73 Å². The van der Waals surface area contributed by atoms with Gasteiger partial charge in [-0.3, -0.25) is 4.79 Å². The van der Waals surface area contributed by atoms with E-state index in [0.717, 1.165) is 17.9 Å². The number of carboxylic acids is 1. The van der Waals surface area contributed by atoms with Crippen LogP contribution in [0.1, 0.15) is 6.42 Å². The van der Waals surface area contributed by atoms with E-state index in [1.165, 1.54) is 0 Å². The topological polar surface area (TPSA) is 63.3 Å². The molecular weight excluding hydrogens is 150 g/mol. The average molecular weight is 161 g/mol. The highest BCUT2D eigenvalue weighted by Gasteiger charge is 2.27. The Bertz CT molecular complexity index is 134. The molecule has 0 aromatic rings. The SMILES string of the molecule is N[C@@H](C(=O)O)C1CCSC1. The van der Waals surface area contributed by atoms with E-state index in [2.05, 4.69) is 0 Å². The lowest BCUT2D eigenvalue weighted by Crippen LogP contribution is -2.37. The first-order chi connectivity index (χ1) is 4.72. The second-order valence-corrected chi connectivity index (χ2v) is 3.64. The van der Waals surface area contributed by atoms with Crippen LogP contribution in [0.2, 0.25) is 0 Å². The van der Waals surface area contributed by atoms with Gasteiger partial charge in [0.2, 0.25) is 0 Å². The maximum absolute atomic E-state index is 10.4. The standard InChI is InChI=1S/C6H11NO2S/c7-5(6(8)9)4-1-2-10-3-4/h4-5H,1-3,7H2,(H,8,9)/t4?,5-/m1/s1. The van der Waals surface area contributed by atoms with Gasteiger partial charge < -0.3 is 10.8 Å². The van der Waals surface area contributed by atoms with Gasteiger partial charge in [-0.15, -0.1) is 0 Å². The zero-order valence-corrected chi connectivity index (χ0v) is 6.43. The van der Waals surface area contributed by atoms with Gasteiger partial charge in [-0.1, -0.05) is 0 Å². The summed E-state index contributed by atoms with van der Waals surface area (Å²) < 4.78 is 0. The van der Waals surface area contributed by atoms with Gasteiger partial charge in [0, 0.05) is 0 Å². The van der Waals surface area contributed by atoms with Crippen molar-refractivity contribution in [2.24, 2.45) is 11.7 Å². The van der Waals surface area contributed by atoms with Crippen molar-refractivity contribution in [3.05, 3.63) is 0 Å². The quantitative estimate of drug-likeness (QED) is 0.605. The zero-order chi connectivity index (χ0) is 7.56. The van der Waals surface area contributed by atoms with E-state index in [1.807, 2.05) is 0 Å². The summed E-state index contributed by atoms with van der Waals surface area (Å²) in [5.74, 6) is 1.30. The van der Waals surface area contributed by atoms with Gasteiger partial charge in [-0.25, -0.2) is 0 Å². The van der Waals surface area contributed by atoms with Crippen LogP contribution in [0.4, 0.5) is 0 Å². The molecule has 10 heavy (non-hydrogen) atoms. The molecule has 0 bridgehead atoms. The van der Waals surface area contributed by atoms with Gasteiger partial charge in [0.05, 0.1) is 0 Å². The smallest absolute Gasteiger partial charge is 0.320 e. The molecule has 3 nitrogen and oxygen atoms in total. The van der Waals surface area contributed by atoms with Gasteiger partial charge in [-0.05, 0) is 23.8 Å². The van der Waals surface area contributed by atoms with E-state index >= 15 is 0 Å². The normalized spacial score (nSPS) is 28.3. The summed E-state index contributed by atoms with van der Waals surface area (Å²) in [6.07, 6.45) is 0.956. The van der Waals surface area contributed by atoms with Crippen LogP contribution in [0.3, 0.4) is 0 Å². The lowest BCUT2D eigenvalue weighted by Gasteiger charge is -2.11. The molecule has 0 aromatic heterocycles. The molecule has 0 aliphatic carbocycles. The van der Waals surface area contributed by atoms with Crippen LogP contribution in [0.15, 0.2) is 0 Å². The molecule has 0 spiro atoms. The lowest BCUT2D eigenvalue weighted by molar-refractivity contribution is -0.139. The summed E-state index contributed by atoms with van der Waals surface area (Å²) in [5, 5.41) is 8.51. The maximum Gasteiger partial charge on any atom is 0.320 e. The Morgan fingerprint density at radius 3 is 2.90 bits per heavy atom. The van der Waals surface area contributed by atoms with Crippen LogP contribution >= 0.6 is 11.8 Å². The van der Waals surface area contributed by atoms with Gasteiger partial charge >= 0.3 is 5.97 Å². The fraction of sp³-hybridized carbons (Fsp3) is 0.833. The maximum atomic E-state index is 10.4. The first-order valence-corrected chi connectivity index (χ1v) is 4.43. The number of hydrogen-bond acceptors (Lipinski definition) is 3. The second-order valence-electron chi connectivity index (χ2n) is 2.49. The molecule has 0 aromatic carbocycles. The average Bonchev–Trinajstić information content (AvgIpc) is 2.36. The number of aliphatic carboxylic acids is 1. The van der Waals surface area contributed by atoms with E-state index < -0.39 is 12.0 Å².